The van der Waals surface area contributed by atoms with Crippen LogP contribution in [0.2, 0.25) is 5.02 Å². The smallest absolute Gasteiger partial charge is 0.0829 e. The molecule has 2 aromatic rings. The number of halogens is 1. The molecule has 1 aromatic carbocycles. The van der Waals surface area contributed by atoms with Crippen LogP contribution in [0, 0.1) is 0 Å². The summed E-state index contributed by atoms with van der Waals surface area (Å²) in [6, 6.07) is 4.11. The molecule has 0 amide bonds. The first kappa shape index (κ1) is 8.02. The van der Waals surface area contributed by atoms with Crippen molar-refractivity contribution in [3.05, 3.63) is 28.2 Å². The minimum atomic E-state index is 0.826. The summed E-state index contributed by atoms with van der Waals surface area (Å²) in [6.07, 6.45) is 1.01. The summed E-state index contributed by atoms with van der Waals surface area (Å²) in [5.41, 5.74) is 4.10. The Kier molecular flexibility index (Phi) is 2.03. The highest BCUT2D eigenvalue weighted by Crippen LogP contribution is 2.28. The second kappa shape index (κ2) is 3.04. The van der Waals surface area contributed by atoms with Crippen molar-refractivity contribution < 1.29 is 0 Å². The van der Waals surface area contributed by atoms with Crippen molar-refractivity contribution >= 4 is 33.2 Å². The molecule has 0 atom stereocenters. The summed E-state index contributed by atoms with van der Waals surface area (Å²) in [6.45, 7) is 2.11. The highest BCUT2D eigenvalue weighted by atomic mass is 35.5. The van der Waals surface area contributed by atoms with E-state index < -0.39 is 0 Å². The lowest BCUT2D eigenvalue weighted by Gasteiger charge is -1.97. The van der Waals surface area contributed by atoms with Crippen LogP contribution in [0.4, 0.5) is 0 Å². The summed E-state index contributed by atoms with van der Waals surface area (Å²) in [4.78, 5) is 4.22. The summed E-state index contributed by atoms with van der Waals surface area (Å²) in [7, 11) is 0. The highest BCUT2D eigenvalue weighted by Gasteiger charge is 2.02. The van der Waals surface area contributed by atoms with Gasteiger partial charge in [0.15, 0.2) is 0 Å². The number of aromatic nitrogens is 1. The molecule has 0 aliphatic rings. The number of thiazole rings is 1. The van der Waals surface area contributed by atoms with E-state index in [4.69, 9.17) is 11.6 Å². The van der Waals surface area contributed by atoms with E-state index in [1.54, 1.807) is 11.3 Å². The number of nitrogens with zero attached hydrogens (tertiary/aromatic N) is 1. The van der Waals surface area contributed by atoms with Gasteiger partial charge in [-0.05, 0) is 24.1 Å². The zero-order valence-corrected chi connectivity index (χ0v) is 8.25. The average molecular weight is 198 g/mol. The fraction of sp³-hybridized carbons (Fsp3) is 0.222. The third-order valence-corrected chi connectivity index (χ3v) is 3.14. The quantitative estimate of drug-likeness (QED) is 0.682. The van der Waals surface area contributed by atoms with Crippen molar-refractivity contribution in [2.24, 2.45) is 0 Å². The lowest BCUT2D eigenvalue weighted by Crippen LogP contribution is -1.79. The first-order valence-corrected chi connectivity index (χ1v) is 5.08. The van der Waals surface area contributed by atoms with Gasteiger partial charge >= 0.3 is 0 Å². The van der Waals surface area contributed by atoms with Crippen LogP contribution in [0.25, 0.3) is 10.2 Å². The van der Waals surface area contributed by atoms with Gasteiger partial charge in [-0.15, -0.1) is 11.3 Å². The van der Waals surface area contributed by atoms with E-state index in [-0.39, 0.29) is 0 Å². The van der Waals surface area contributed by atoms with Crippen molar-refractivity contribution in [2.75, 3.05) is 0 Å². The monoisotopic (exact) mass is 197 g/mol. The number of rotatable bonds is 1. The predicted octanol–water partition coefficient (Wildman–Crippen LogP) is 3.51. The maximum Gasteiger partial charge on any atom is 0.0829 e. The zero-order valence-electron chi connectivity index (χ0n) is 6.67. The zero-order chi connectivity index (χ0) is 8.55. The molecule has 2 rings (SSSR count). The van der Waals surface area contributed by atoms with Gasteiger partial charge in [-0.2, -0.15) is 0 Å². The van der Waals surface area contributed by atoms with E-state index in [1.807, 2.05) is 11.6 Å². The molecular formula is C9H8ClNS. The van der Waals surface area contributed by atoms with E-state index >= 15 is 0 Å². The highest BCUT2D eigenvalue weighted by molar-refractivity contribution is 7.17. The lowest BCUT2D eigenvalue weighted by atomic mass is 10.2. The molecule has 0 saturated heterocycles. The Balaban J connectivity index is 2.75. The molecule has 1 aromatic heterocycles. The topological polar surface area (TPSA) is 12.9 Å². The van der Waals surface area contributed by atoms with Crippen LogP contribution < -0.4 is 0 Å². The number of benzene rings is 1. The van der Waals surface area contributed by atoms with Crippen LogP contribution in [0.15, 0.2) is 17.6 Å². The number of hydrogen-bond donors (Lipinski definition) is 0. The van der Waals surface area contributed by atoms with E-state index in [0.717, 1.165) is 21.7 Å². The molecule has 0 aliphatic carbocycles. The molecule has 0 fully saturated rings. The second-order valence-electron chi connectivity index (χ2n) is 2.63. The standard InChI is InChI=1S/C9H8ClNS/c1-2-6-3-7(10)9-8(4-6)11-5-12-9/h3-5H,2H2,1H3. The normalized spacial score (nSPS) is 10.8. The third-order valence-electron chi connectivity index (χ3n) is 1.85. The number of hydrogen-bond acceptors (Lipinski definition) is 2. The van der Waals surface area contributed by atoms with Gasteiger partial charge in [0.05, 0.1) is 20.7 Å². The second-order valence-corrected chi connectivity index (χ2v) is 3.89. The molecule has 0 N–H and O–H groups in total. The predicted molar refractivity (Wildman–Crippen MR) is 54.0 cm³/mol. The van der Waals surface area contributed by atoms with Crippen molar-refractivity contribution in [2.45, 2.75) is 13.3 Å². The summed E-state index contributed by atoms with van der Waals surface area (Å²) < 4.78 is 1.09. The summed E-state index contributed by atoms with van der Waals surface area (Å²) >= 11 is 7.64. The Hall–Kier alpha value is -0.600. The first-order valence-electron chi connectivity index (χ1n) is 3.83. The SMILES string of the molecule is CCc1cc(Cl)c2scnc2c1. The molecule has 62 valence electrons. The van der Waals surface area contributed by atoms with Crippen molar-refractivity contribution in [3.63, 3.8) is 0 Å². The number of fused-ring (bicyclic) bond motifs is 1. The summed E-state index contributed by atoms with van der Waals surface area (Å²) in [5, 5.41) is 0.826. The Morgan fingerprint density at radius 3 is 3.08 bits per heavy atom. The maximum absolute atomic E-state index is 6.05. The van der Waals surface area contributed by atoms with Gasteiger partial charge in [0.1, 0.15) is 0 Å². The van der Waals surface area contributed by atoms with Gasteiger partial charge < -0.3 is 0 Å². The van der Waals surface area contributed by atoms with Crippen molar-refractivity contribution in [1.82, 2.24) is 4.98 Å². The van der Waals surface area contributed by atoms with Crippen LogP contribution in [-0.2, 0) is 6.42 Å². The molecule has 0 bridgehead atoms. The van der Waals surface area contributed by atoms with E-state index in [2.05, 4.69) is 18.0 Å². The van der Waals surface area contributed by atoms with Crippen LogP contribution in [0.1, 0.15) is 12.5 Å². The Morgan fingerprint density at radius 2 is 2.33 bits per heavy atom. The first-order chi connectivity index (χ1) is 5.81. The molecule has 12 heavy (non-hydrogen) atoms. The third kappa shape index (κ3) is 1.21. The van der Waals surface area contributed by atoms with Crippen LogP contribution in [-0.4, -0.2) is 4.98 Å². The minimum absolute atomic E-state index is 0.826. The molecule has 3 heteroatoms. The van der Waals surface area contributed by atoms with Gasteiger partial charge in [-0.3, -0.25) is 0 Å². The molecule has 0 radical (unpaired) electrons. The molecule has 0 aliphatic heterocycles. The number of aryl methyl sites for hydroxylation is 1. The fourth-order valence-corrected chi connectivity index (χ4v) is 2.23. The van der Waals surface area contributed by atoms with Gasteiger partial charge in [0.2, 0.25) is 0 Å². The van der Waals surface area contributed by atoms with Gasteiger partial charge in [-0.25, -0.2) is 4.98 Å². The molecule has 0 saturated carbocycles. The van der Waals surface area contributed by atoms with E-state index in [9.17, 15) is 0 Å². The van der Waals surface area contributed by atoms with Gasteiger partial charge in [0.25, 0.3) is 0 Å². The van der Waals surface area contributed by atoms with E-state index in [0.29, 0.717) is 0 Å². The van der Waals surface area contributed by atoms with E-state index in [1.165, 1.54) is 5.56 Å². The Labute approximate surface area is 80.0 Å². The van der Waals surface area contributed by atoms with Gasteiger partial charge in [0, 0.05) is 0 Å². The van der Waals surface area contributed by atoms with Gasteiger partial charge in [-0.1, -0.05) is 18.5 Å². The maximum atomic E-state index is 6.05. The van der Waals surface area contributed by atoms with Crippen molar-refractivity contribution in [3.8, 4) is 0 Å². The molecule has 0 unspecified atom stereocenters. The Morgan fingerprint density at radius 1 is 1.50 bits per heavy atom. The van der Waals surface area contributed by atoms with Crippen LogP contribution in [0.5, 0.6) is 0 Å². The average Bonchev–Trinajstić information content (AvgIpc) is 2.52. The minimum Gasteiger partial charge on any atom is -0.245 e. The molecular weight excluding hydrogens is 190 g/mol. The fourth-order valence-electron chi connectivity index (χ4n) is 1.19. The van der Waals surface area contributed by atoms with Crippen molar-refractivity contribution in [1.29, 1.82) is 0 Å². The lowest BCUT2D eigenvalue weighted by molar-refractivity contribution is 1.14. The van der Waals surface area contributed by atoms with Crippen LogP contribution >= 0.6 is 22.9 Å². The largest absolute Gasteiger partial charge is 0.245 e. The summed E-state index contributed by atoms with van der Waals surface area (Å²) in [5.74, 6) is 0. The molecule has 1 nitrogen and oxygen atoms in total. The van der Waals surface area contributed by atoms with Crippen LogP contribution in [0.3, 0.4) is 0 Å². The molecule has 1 heterocycles. The molecule has 0 spiro atoms. The Bertz CT molecular complexity index is 408.